The number of nitrogens with one attached hydrogen (secondary N) is 3. The molecule has 2 atom stereocenters. The first-order valence-electron chi connectivity index (χ1n) is 10.00. The van der Waals surface area contributed by atoms with Gasteiger partial charge in [0, 0.05) is 26.6 Å². The van der Waals surface area contributed by atoms with Gasteiger partial charge in [0.25, 0.3) is 0 Å². The summed E-state index contributed by atoms with van der Waals surface area (Å²) < 4.78 is 0. The molecular formula is C21H31N5O4. The summed E-state index contributed by atoms with van der Waals surface area (Å²) >= 11 is 0. The van der Waals surface area contributed by atoms with Gasteiger partial charge in [-0.15, -0.1) is 4.91 Å². The van der Waals surface area contributed by atoms with Gasteiger partial charge in [-0.3, -0.25) is 9.59 Å². The number of hydrogen-bond acceptors (Lipinski definition) is 5. The smallest absolute Gasteiger partial charge is 0.319 e. The van der Waals surface area contributed by atoms with Crippen LogP contribution in [0.1, 0.15) is 38.7 Å². The third-order valence-corrected chi connectivity index (χ3v) is 4.31. The van der Waals surface area contributed by atoms with E-state index in [1.165, 1.54) is 13.0 Å². The van der Waals surface area contributed by atoms with Crippen LogP contribution in [0, 0.1) is 4.91 Å². The van der Waals surface area contributed by atoms with Crippen molar-refractivity contribution in [2.24, 2.45) is 5.18 Å². The molecular weight excluding hydrogens is 386 g/mol. The highest BCUT2D eigenvalue weighted by Crippen LogP contribution is 2.05. The Bertz CT molecular complexity index is 703. The molecule has 0 saturated carbocycles. The van der Waals surface area contributed by atoms with E-state index in [-0.39, 0.29) is 11.8 Å². The van der Waals surface area contributed by atoms with E-state index in [2.05, 4.69) is 27.7 Å². The second kappa shape index (κ2) is 13.9. The van der Waals surface area contributed by atoms with Crippen molar-refractivity contribution in [3.05, 3.63) is 53.5 Å². The van der Waals surface area contributed by atoms with Crippen LogP contribution in [-0.2, 0) is 16.1 Å². The molecule has 0 heterocycles. The SMILES string of the molecule is C=CC(N=O)NC(=O)N(CCC)CCC[C@H](NC(C)=O)C(=O)NCc1ccccc1. The molecule has 4 amide bonds. The molecule has 1 aromatic carbocycles. The van der Waals surface area contributed by atoms with Crippen molar-refractivity contribution in [1.29, 1.82) is 0 Å². The number of benzene rings is 1. The van der Waals surface area contributed by atoms with Gasteiger partial charge in [-0.1, -0.05) is 43.8 Å². The first kappa shape index (κ1) is 24.8. The molecule has 30 heavy (non-hydrogen) atoms. The quantitative estimate of drug-likeness (QED) is 0.337. The summed E-state index contributed by atoms with van der Waals surface area (Å²) in [5, 5.41) is 10.7. The van der Waals surface area contributed by atoms with Crippen molar-refractivity contribution >= 4 is 17.8 Å². The van der Waals surface area contributed by atoms with Gasteiger partial charge in [0.2, 0.25) is 11.8 Å². The Hall–Kier alpha value is -3.23. The molecule has 9 nitrogen and oxygen atoms in total. The van der Waals surface area contributed by atoms with E-state index >= 15 is 0 Å². The van der Waals surface area contributed by atoms with Crippen molar-refractivity contribution in [1.82, 2.24) is 20.9 Å². The average molecular weight is 418 g/mol. The Balaban J connectivity index is 2.62. The number of rotatable bonds is 13. The van der Waals surface area contributed by atoms with E-state index in [1.54, 1.807) is 4.90 Å². The predicted octanol–water partition coefficient (Wildman–Crippen LogP) is 2.29. The maximum absolute atomic E-state index is 12.5. The molecule has 0 aliphatic rings. The summed E-state index contributed by atoms with van der Waals surface area (Å²) in [6, 6.07) is 8.35. The van der Waals surface area contributed by atoms with Crippen LogP contribution in [0.15, 0.2) is 48.2 Å². The van der Waals surface area contributed by atoms with Crippen LogP contribution in [0.2, 0.25) is 0 Å². The van der Waals surface area contributed by atoms with Gasteiger partial charge in [-0.05, 0) is 36.1 Å². The molecule has 0 fully saturated rings. The Morgan fingerprint density at radius 3 is 2.43 bits per heavy atom. The molecule has 164 valence electrons. The second-order valence-corrected chi connectivity index (χ2v) is 6.82. The van der Waals surface area contributed by atoms with Gasteiger partial charge in [0.1, 0.15) is 6.04 Å². The van der Waals surface area contributed by atoms with Crippen LogP contribution >= 0.6 is 0 Å². The first-order valence-corrected chi connectivity index (χ1v) is 10.00. The average Bonchev–Trinajstić information content (AvgIpc) is 2.74. The molecule has 1 unspecified atom stereocenters. The lowest BCUT2D eigenvalue weighted by Crippen LogP contribution is -2.47. The fourth-order valence-electron chi connectivity index (χ4n) is 2.84. The van der Waals surface area contributed by atoms with Crippen LogP contribution in [0.25, 0.3) is 0 Å². The minimum Gasteiger partial charge on any atom is -0.350 e. The van der Waals surface area contributed by atoms with E-state index in [4.69, 9.17) is 0 Å². The lowest BCUT2D eigenvalue weighted by Gasteiger charge is -2.24. The summed E-state index contributed by atoms with van der Waals surface area (Å²) in [5.41, 5.74) is 0.957. The zero-order valence-corrected chi connectivity index (χ0v) is 17.6. The largest absolute Gasteiger partial charge is 0.350 e. The summed E-state index contributed by atoms with van der Waals surface area (Å²) in [6.45, 7) is 7.95. The number of carbonyl (C=O) groups excluding carboxylic acids is 3. The molecule has 1 aromatic rings. The summed E-state index contributed by atoms with van der Waals surface area (Å²) in [6.07, 6.45) is 1.84. The van der Waals surface area contributed by atoms with Crippen LogP contribution < -0.4 is 16.0 Å². The molecule has 9 heteroatoms. The lowest BCUT2D eigenvalue weighted by atomic mass is 10.1. The van der Waals surface area contributed by atoms with E-state index in [0.717, 1.165) is 12.0 Å². The van der Waals surface area contributed by atoms with E-state index in [1.807, 2.05) is 37.3 Å². The maximum atomic E-state index is 12.5. The number of urea groups is 1. The Morgan fingerprint density at radius 2 is 1.87 bits per heavy atom. The molecule has 0 bridgehead atoms. The predicted molar refractivity (Wildman–Crippen MR) is 115 cm³/mol. The molecule has 3 N–H and O–H groups in total. The number of hydrogen-bond donors (Lipinski definition) is 3. The molecule has 0 aliphatic heterocycles. The highest BCUT2D eigenvalue weighted by molar-refractivity contribution is 5.86. The molecule has 0 spiro atoms. The Morgan fingerprint density at radius 1 is 1.17 bits per heavy atom. The van der Waals surface area contributed by atoms with Crippen LogP contribution in [-0.4, -0.2) is 48.0 Å². The standard InChI is InChI=1S/C21H31N5O4/c1-4-13-26(21(29)24-19(5-2)25-30)14-9-12-18(23-16(3)27)20(28)22-15-17-10-7-6-8-11-17/h5-8,10-11,18-19H,2,4,9,12-15H2,1,3H3,(H,22,28)(H,23,27)(H,24,29)/t18-,19?/m0/s1. The van der Waals surface area contributed by atoms with Gasteiger partial charge in [0.15, 0.2) is 6.17 Å². The van der Waals surface area contributed by atoms with Gasteiger partial charge in [-0.2, -0.15) is 0 Å². The molecule has 0 saturated heterocycles. The molecule has 1 rings (SSSR count). The molecule has 0 aliphatic carbocycles. The summed E-state index contributed by atoms with van der Waals surface area (Å²) in [7, 11) is 0. The van der Waals surface area contributed by atoms with Gasteiger partial charge < -0.3 is 20.9 Å². The van der Waals surface area contributed by atoms with Crippen molar-refractivity contribution in [3.8, 4) is 0 Å². The Labute approximate surface area is 177 Å². The fourth-order valence-corrected chi connectivity index (χ4v) is 2.84. The number of nitrogens with zero attached hydrogens (tertiary/aromatic N) is 2. The fraction of sp³-hybridized carbons (Fsp3) is 0.476. The minimum atomic E-state index is -0.993. The van der Waals surface area contributed by atoms with E-state index in [0.29, 0.717) is 32.5 Å². The highest BCUT2D eigenvalue weighted by atomic mass is 16.3. The number of amides is 4. The zero-order chi connectivity index (χ0) is 22.4. The number of nitroso groups, excluding NO2 is 1. The summed E-state index contributed by atoms with van der Waals surface area (Å²) in [4.78, 5) is 48.6. The van der Waals surface area contributed by atoms with Gasteiger partial charge in [0.05, 0.1) is 0 Å². The van der Waals surface area contributed by atoms with E-state index < -0.39 is 18.2 Å². The summed E-state index contributed by atoms with van der Waals surface area (Å²) in [5.74, 6) is -0.582. The first-order chi connectivity index (χ1) is 14.4. The van der Waals surface area contributed by atoms with Crippen molar-refractivity contribution < 1.29 is 14.4 Å². The maximum Gasteiger partial charge on any atom is 0.319 e. The van der Waals surface area contributed by atoms with Crippen LogP contribution in [0.4, 0.5) is 4.79 Å². The second-order valence-electron chi connectivity index (χ2n) is 6.82. The number of carbonyl (C=O) groups is 3. The molecule has 0 aromatic heterocycles. The topological polar surface area (TPSA) is 120 Å². The minimum absolute atomic E-state index is 0.280. The highest BCUT2D eigenvalue weighted by Gasteiger charge is 2.21. The van der Waals surface area contributed by atoms with E-state index in [9.17, 15) is 19.3 Å². The normalized spacial score (nSPS) is 12.2. The zero-order valence-electron chi connectivity index (χ0n) is 17.6. The Kier molecular flexibility index (Phi) is 11.5. The molecule has 0 radical (unpaired) electrons. The van der Waals surface area contributed by atoms with Gasteiger partial charge >= 0.3 is 6.03 Å². The third-order valence-electron chi connectivity index (χ3n) is 4.31. The van der Waals surface area contributed by atoms with Crippen LogP contribution in [0.3, 0.4) is 0 Å². The lowest BCUT2D eigenvalue weighted by molar-refractivity contribution is -0.128. The van der Waals surface area contributed by atoms with Crippen molar-refractivity contribution in [2.75, 3.05) is 13.1 Å². The van der Waals surface area contributed by atoms with Crippen LogP contribution in [0.5, 0.6) is 0 Å². The van der Waals surface area contributed by atoms with Crippen molar-refractivity contribution in [2.45, 2.75) is 51.9 Å². The monoisotopic (exact) mass is 417 g/mol. The third kappa shape index (κ3) is 9.31. The van der Waals surface area contributed by atoms with Crippen molar-refractivity contribution in [3.63, 3.8) is 0 Å². The van der Waals surface area contributed by atoms with Gasteiger partial charge in [-0.25, -0.2) is 4.79 Å².